The summed E-state index contributed by atoms with van der Waals surface area (Å²) in [6, 6.07) is 31.7. The first kappa shape index (κ1) is 30.5. The molecule has 0 saturated heterocycles. The second kappa shape index (κ2) is 11.8. The van der Waals surface area contributed by atoms with E-state index in [-0.39, 0.29) is 32.3 Å². The van der Waals surface area contributed by atoms with Crippen molar-refractivity contribution in [2.45, 2.75) is 40.0 Å². The van der Waals surface area contributed by atoms with Crippen LogP contribution in [0.15, 0.2) is 97.5 Å². The number of fused-ring (bicyclic) bond motifs is 3. The van der Waals surface area contributed by atoms with Crippen molar-refractivity contribution in [3.63, 3.8) is 0 Å². The van der Waals surface area contributed by atoms with E-state index in [2.05, 4.69) is 69.0 Å². The molecule has 0 amide bonds. The zero-order valence-electron chi connectivity index (χ0n) is 25.6. The number of hydrogen-bond donors (Lipinski definition) is 0. The topological polar surface area (TPSA) is 44.9 Å². The van der Waals surface area contributed by atoms with Gasteiger partial charge in [-0.2, -0.15) is 17.2 Å². The van der Waals surface area contributed by atoms with Crippen LogP contribution in [0.3, 0.4) is 0 Å². The minimum Gasteiger partial charge on any atom is -0.509 e. The van der Waals surface area contributed by atoms with Crippen molar-refractivity contribution in [1.82, 2.24) is 19.3 Å². The molecule has 45 heavy (non-hydrogen) atoms. The van der Waals surface area contributed by atoms with E-state index in [4.69, 9.17) is 4.74 Å². The predicted molar refractivity (Wildman–Crippen MR) is 173 cm³/mol. The van der Waals surface area contributed by atoms with E-state index in [0.29, 0.717) is 17.3 Å². The van der Waals surface area contributed by atoms with Gasteiger partial charge in [-0.1, -0.05) is 56.6 Å². The average molecular weight is 774 g/mol. The molecule has 0 N–H and O–H groups in total. The largest absolute Gasteiger partial charge is 2.00 e. The summed E-state index contributed by atoms with van der Waals surface area (Å²) in [4.78, 5) is 4.44. The van der Waals surface area contributed by atoms with Gasteiger partial charge in [0.05, 0.1) is 6.20 Å². The van der Waals surface area contributed by atoms with E-state index in [1.165, 1.54) is 40.6 Å². The summed E-state index contributed by atoms with van der Waals surface area (Å²) >= 11 is 0. The first-order chi connectivity index (χ1) is 21.2. The summed E-state index contributed by atoms with van der Waals surface area (Å²) in [6.07, 6.45) is 5.40. The number of nitrogens with zero attached hydrogens (tertiary/aromatic N) is 4. The number of para-hydroxylation sites is 1. The summed E-state index contributed by atoms with van der Waals surface area (Å²) in [7, 11) is 0. The van der Waals surface area contributed by atoms with E-state index in [1.54, 1.807) is 0 Å². The van der Waals surface area contributed by atoms with Crippen molar-refractivity contribution >= 4 is 21.8 Å². The van der Waals surface area contributed by atoms with E-state index in [1.807, 2.05) is 76.2 Å². The summed E-state index contributed by atoms with van der Waals surface area (Å²) in [5.41, 5.74) is 8.54. The van der Waals surface area contributed by atoms with Gasteiger partial charge in [0.1, 0.15) is 11.6 Å². The van der Waals surface area contributed by atoms with Crippen LogP contribution in [0.25, 0.3) is 44.4 Å². The Balaban J connectivity index is 0.00000357. The molecule has 226 valence electrons. The second-order valence-electron chi connectivity index (χ2n) is 12.2. The molecule has 0 fully saturated rings. The van der Waals surface area contributed by atoms with Crippen molar-refractivity contribution in [3.05, 3.63) is 132 Å². The van der Waals surface area contributed by atoms with Crippen molar-refractivity contribution in [2.75, 3.05) is 0 Å². The molecule has 3 aromatic heterocycles. The number of pyridine rings is 1. The average Bonchev–Trinajstić information content (AvgIpc) is 3.59. The van der Waals surface area contributed by atoms with Crippen molar-refractivity contribution in [1.29, 1.82) is 0 Å². The fourth-order valence-electron chi connectivity index (χ4n) is 5.87. The second-order valence-corrected chi connectivity index (χ2v) is 12.2. The number of hydrogen-bond acceptors (Lipinski definition) is 3. The third kappa shape index (κ3) is 5.71. The molecule has 4 aromatic carbocycles. The molecule has 0 aliphatic heterocycles. The molecule has 0 atom stereocenters. The molecule has 0 spiro atoms. The Hall–Kier alpha value is -4.54. The van der Waals surface area contributed by atoms with Gasteiger partial charge < -0.3 is 9.30 Å². The number of aryl methyl sites for hydroxylation is 2. The van der Waals surface area contributed by atoms with Crippen LogP contribution in [-0.4, -0.2) is 19.3 Å². The first-order valence-corrected chi connectivity index (χ1v) is 14.6. The van der Waals surface area contributed by atoms with Crippen LogP contribution in [0, 0.1) is 31.8 Å². The Bertz CT molecular complexity index is 2170. The number of ether oxygens (including phenoxy) is 1. The van der Waals surface area contributed by atoms with Gasteiger partial charge in [0.2, 0.25) is 0 Å². The van der Waals surface area contributed by atoms with Gasteiger partial charge in [0.25, 0.3) is 0 Å². The first-order valence-electron chi connectivity index (χ1n) is 14.6. The van der Waals surface area contributed by atoms with Crippen molar-refractivity contribution in [3.8, 4) is 34.1 Å². The van der Waals surface area contributed by atoms with E-state index >= 15 is 0 Å². The maximum Gasteiger partial charge on any atom is 2.00 e. The minimum atomic E-state index is -0.353. The normalized spacial score (nSPS) is 11.6. The molecule has 0 saturated carbocycles. The molecule has 0 aliphatic carbocycles. The molecule has 7 heteroatoms. The van der Waals surface area contributed by atoms with Gasteiger partial charge in [-0.25, -0.2) is 9.37 Å². The number of rotatable bonds is 5. The predicted octanol–water partition coefficient (Wildman–Crippen LogP) is 9.48. The number of aromatic nitrogens is 4. The summed E-state index contributed by atoms with van der Waals surface area (Å²) in [5, 5.41) is 6.66. The van der Waals surface area contributed by atoms with Gasteiger partial charge in [0, 0.05) is 41.0 Å². The Kier molecular flexibility index (Phi) is 7.96. The molecule has 0 unspecified atom stereocenters. The smallest absolute Gasteiger partial charge is 0.509 e. The Labute approximate surface area is 276 Å². The van der Waals surface area contributed by atoms with Crippen LogP contribution in [0.1, 0.15) is 37.5 Å². The van der Waals surface area contributed by atoms with Crippen molar-refractivity contribution < 1.29 is 30.2 Å². The quantitative estimate of drug-likeness (QED) is 0.164. The van der Waals surface area contributed by atoms with Gasteiger partial charge >= 0.3 is 21.1 Å². The van der Waals surface area contributed by atoms with Gasteiger partial charge in [-0.15, -0.1) is 35.7 Å². The van der Waals surface area contributed by atoms with Crippen LogP contribution in [-0.2, 0) is 26.5 Å². The zero-order chi connectivity index (χ0) is 30.6. The molecule has 5 nitrogen and oxygen atoms in total. The molecule has 0 radical (unpaired) electrons. The molecule has 7 aromatic rings. The molecular weight excluding hydrogens is 743 g/mol. The molecule has 3 heterocycles. The Morgan fingerprint density at radius 1 is 0.822 bits per heavy atom. The number of benzene rings is 4. The fraction of sp³-hybridized carbons (Fsp3) is 0.158. The molecule has 0 aliphatic rings. The van der Waals surface area contributed by atoms with Crippen molar-refractivity contribution in [2.24, 2.45) is 0 Å². The van der Waals surface area contributed by atoms with E-state index in [0.717, 1.165) is 33.1 Å². The fourth-order valence-corrected chi connectivity index (χ4v) is 5.87. The Morgan fingerprint density at radius 3 is 2.33 bits per heavy atom. The van der Waals surface area contributed by atoms with Crippen LogP contribution in [0.4, 0.5) is 4.39 Å². The third-order valence-corrected chi connectivity index (χ3v) is 7.98. The molecule has 7 rings (SSSR count). The number of halogens is 1. The van der Waals surface area contributed by atoms with Crippen LogP contribution in [0.5, 0.6) is 11.5 Å². The summed E-state index contributed by atoms with van der Waals surface area (Å²) in [6.45, 7) is 11.0. The van der Waals surface area contributed by atoms with Gasteiger partial charge in [0.15, 0.2) is 0 Å². The summed E-state index contributed by atoms with van der Waals surface area (Å²) in [5.74, 6) is 1.17. The van der Waals surface area contributed by atoms with Crippen LogP contribution >= 0.6 is 0 Å². The monoisotopic (exact) mass is 773 g/mol. The van der Waals surface area contributed by atoms with E-state index < -0.39 is 0 Å². The van der Waals surface area contributed by atoms with Gasteiger partial charge in [-0.3, -0.25) is 4.68 Å². The van der Waals surface area contributed by atoms with Crippen LogP contribution in [0.2, 0.25) is 0 Å². The third-order valence-electron chi connectivity index (χ3n) is 7.98. The Morgan fingerprint density at radius 2 is 1.58 bits per heavy atom. The molecule has 0 bridgehead atoms. The maximum atomic E-state index is 14.2. The maximum absolute atomic E-state index is 14.2. The standard InChI is InChI=1S/C38H31FN4O.Pt/c1-24-17-27(38(3,4)5)18-25(2)37(24)26-22-41-42(23-26)29-9-8-10-30(20-29)44-31-13-14-33-32-11-6-7-12-34(32)43(35(33)21-31)36-19-28(39)15-16-40-36;/h6-19,22-23H,1-5H3;/q-2;+2. The van der Waals surface area contributed by atoms with Gasteiger partial charge in [-0.05, 0) is 64.7 Å². The van der Waals surface area contributed by atoms with E-state index in [9.17, 15) is 4.39 Å². The van der Waals surface area contributed by atoms with Crippen LogP contribution < -0.4 is 4.74 Å². The zero-order valence-corrected chi connectivity index (χ0v) is 27.9. The summed E-state index contributed by atoms with van der Waals surface area (Å²) < 4.78 is 24.2. The SMILES string of the molecule is Cc1cc(C(C)(C)C)cc(C)c1-c1cnn(-c2[c-]c(Oc3[c-]c4c(cc3)c3ccccc3n4-c3cc(F)ccn3)ccc2)c1.[Pt+2]. The minimum absolute atomic E-state index is 0. The molecular formula is C38H31FN4OPt.